The summed E-state index contributed by atoms with van der Waals surface area (Å²) in [5.41, 5.74) is 4.58. The molecule has 0 N–H and O–H groups in total. The Labute approximate surface area is 150 Å². The van der Waals surface area contributed by atoms with Crippen molar-refractivity contribution in [3.63, 3.8) is 0 Å². The van der Waals surface area contributed by atoms with Crippen molar-refractivity contribution in [1.82, 2.24) is 4.57 Å². The van der Waals surface area contributed by atoms with Crippen LogP contribution in [0.15, 0.2) is 72.9 Å². The van der Waals surface area contributed by atoms with Gasteiger partial charge in [0.1, 0.15) is 0 Å². The number of aryl methyl sites for hydroxylation is 2. The van der Waals surface area contributed by atoms with E-state index < -0.39 is 0 Å². The predicted octanol–water partition coefficient (Wildman–Crippen LogP) is 5.91. The van der Waals surface area contributed by atoms with Crippen LogP contribution in [0.5, 0.6) is 0 Å². The number of nitrogens with zero attached hydrogens (tertiary/aromatic N) is 1. The van der Waals surface area contributed by atoms with E-state index in [-0.39, 0.29) is 5.91 Å². The lowest BCUT2D eigenvalue weighted by Crippen LogP contribution is -2.10. The number of hydrogen-bond acceptors (Lipinski definition) is 1. The highest BCUT2D eigenvalue weighted by Crippen LogP contribution is 2.23. The van der Waals surface area contributed by atoms with Gasteiger partial charge in [0.25, 0.3) is 0 Å². The van der Waals surface area contributed by atoms with E-state index in [9.17, 15) is 4.79 Å². The van der Waals surface area contributed by atoms with E-state index in [1.165, 1.54) is 5.56 Å². The first-order valence-corrected chi connectivity index (χ1v) is 9.05. The number of carbonyl (C=O) groups is 1. The lowest BCUT2D eigenvalue weighted by Gasteiger charge is -2.08. The molecule has 2 aromatic carbocycles. The average molecular weight is 331 g/mol. The summed E-state index contributed by atoms with van der Waals surface area (Å²) in [4.78, 5) is 12.6. The molecule has 0 aliphatic heterocycles. The summed E-state index contributed by atoms with van der Waals surface area (Å²) in [6.07, 6.45) is 6.80. The molecular weight excluding hydrogens is 306 g/mol. The molecule has 0 amide bonds. The van der Waals surface area contributed by atoms with Gasteiger partial charge in [0.2, 0.25) is 5.91 Å². The molecule has 1 aromatic heterocycles. The maximum atomic E-state index is 12.6. The van der Waals surface area contributed by atoms with Gasteiger partial charge in [-0.25, -0.2) is 0 Å². The van der Waals surface area contributed by atoms with Crippen molar-refractivity contribution in [2.24, 2.45) is 0 Å². The van der Waals surface area contributed by atoms with E-state index in [0.29, 0.717) is 6.42 Å². The molecule has 0 fully saturated rings. The van der Waals surface area contributed by atoms with Gasteiger partial charge in [0, 0.05) is 12.6 Å². The first-order valence-electron chi connectivity index (χ1n) is 9.05. The molecule has 0 saturated carbocycles. The van der Waals surface area contributed by atoms with Gasteiger partial charge in [0.05, 0.1) is 5.69 Å². The van der Waals surface area contributed by atoms with Gasteiger partial charge in [-0.15, -0.1) is 0 Å². The highest BCUT2D eigenvalue weighted by molar-refractivity contribution is 5.84. The van der Waals surface area contributed by atoms with Crippen LogP contribution in [-0.2, 0) is 6.42 Å². The quantitative estimate of drug-likeness (QED) is 0.493. The van der Waals surface area contributed by atoms with E-state index >= 15 is 0 Å². The minimum Gasteiger partial charge on any atom is -0.287 e. The number of aromatic nitrogens is 1. The standard InChI is InChI=1S/C23H25NO/c1-19-17-22(21-14-8-4-9-15-21)24(18-19)23(25)16-10-3-7-13-20-11-5-2-6-12-20/h2,4-6,8-9,11-12,14-15,17-18H,3,7,10,13,16H2,1H3. The zero-order valence-electron chi connectivity index (χ0n) is 14.8. The number of carbonyl (C=O) groups excluding carboxylic acids is 1. The molecule has 0 aliphatic carbocycles. The van der Waals surface area contributed by atoms with Gasteiger partial charge in [-0.2, -0.15) is 0 Å². The summed E-state index contributed by atoms with van der Waals surface area (Å²) in [6, 6.07) is 22.8. The Balaban J connectivity index is 1.53. The molecule has 1 heterocycles. The Morgan fingerprint density at radius 2 is 1.56 bits per heavy atom. The summed E-state index contributed by atoms with van der Waals surface area (Å²) < 4.78 is 1.82. The largest absolute Gasteiger partial charge is 0.287 e. The summed E-state index contributed by atoms with van der Waals surface area (Å²) in [5.74, 6) is 0.187. The molecule has 0 unspecified atom stereocenters. The third-order valence-electron chi connectivity index (χ3n) is 4.49. The minimum atomic E-state index is 0.187. The van der Waals surface area contributed by atoms with Gasteiger partial charge in [-0.05, 0) is 48.9 Å². The third-order valence-corrected chi connectivity index (χ3v) is 4.49. The predicted molar refractivity (Wildman–Crippen MR) is 104 cm³/mol. The van der Waals surface area contributed by atoms with Crippen LogP contribution in [0.2, 0.25) is 0 Å². The smallest absolute Gasteiger partial charge is 0.231 e. The summed E-state index contributed by atoms with van der Waals surface area (Å²) >= 11 is 0. The molecule has 0 spiro atoms. The van der Waals surface area contributed by atoms with Crippen LogP contribution in [0.4, 0.5) is 0 Å². The highest BCUT2D eigenvalue weighted by atomic mass is 16.2. The van der Waals surface area contributed by atoms with Crippen molar-refractivity contribution in [3.8, 4) is 11.3 Å². The molecule has 0 bridgehead atoms. The zero-order chi connectivity index (χ0) is 17.5. The third kappa shape index (κ3) is 4.69. The van der Waals surface area contributed by atoms with Crippen molar-refractivity contribution in [3.05, 3.63) is 84.1 Å². The van der Waals surface area contributed by atoms with Crippen LogP contribution in [0.3, 0.4) is 0 Å². The maximum Gasteiger partial charge on any atom is 0.231 e. The Kier molecular flexibility index (Phi) is 5.84. The Bertz CT molecular complexity index is 803. The molecule has 2 nitrogen and oxygen atoms in total. The van der Waals surface area contributed by atoms with Gasteiger partial charge in [0.15, 0.2) is 0 Å². The van der Waals surface area contributed by atoms with Gasteiger partial charge >= 0.3 is 0 Å². The first kappa shape index (κ1) is 17.2. The zero-order valence-corrected chi connectivity index (χ0v) is 14.8. The van der Waals surface area contributed by atoms with Crippen LogP contribution >= 0.6 is 0 Å². The van der Waals surface area contributed by atoms with E-state index in [1.807, 2.05) is 42.0 Å². The highest BCUT2D eigenvalue weighted by Gasteiger charge is 2.12. The SMILES string of the molecule is Cc1cc(-c2ccccc2)n(C(=O)CCCCCc2ccccc2)c1. The summed E-state index contributed by atoms with van der Waals surface area (Å²) in [5, 5.41) is 0. The molecule has 25 heavy (non-hydrogen) atoms. The average Bonchev–Trinajstić information content (AvgIpc) is 3.05. The second-order valence-electron chi connectivity index (χ2n) is 6.58. The van der Waals surface area contributed by atoms with E-state index in [1.54, 1.807) is 0 Å². The minimum absolute atomic E-state index is 0.187. The molecule has 0 atom stereocenters. The fraction of sp³-hybridized carbons (Fsp3) is 0.261. The Morgan fingerprint density at radius 3 is 2.28 bits per heavy atom. The monoisotopic (exact) mass is 331 g/mol. The molecular formula is C23H25NO. The molecule has 2 heteroatoms. The van der Waals surface area contributed by atoms with E-state index in [2.05, 4.69) is 42.5 Å². The second-order valence-corrected chi connectivity index (χ2v) is 6.58. The normalized spacial score (nSPS) is 10.8. The lowest BCUT2D eigenvalue weighted by atomic mass is 10.1. The summed E-state index contributed by atoms with van der Waals surface area (Å²) in [6.45, 7) is 2.04. The fourth-order valence-corrected chi connectivity index (χ4v) is 3.18. The number of rotatable bonds is 7. The second kappa shape index (κ2) is 8.48. The van der Waals surface area contributed by atoms with Crippen molar-refractivity contribution in [2.75, 3.05) is 0 Å². The fourth-order valence-electron chi connectivity index (χ4n) is 3.18. The summed E-state index contributed by atoms with van der Waals surface area (Å²) in [7, 11) is 0. The number of unbranched alkanes of at least 4 members (excludes halogenated alkanes) is 2. The van der Waals surface area contributed by atoms with Crippen LogP contribution in [-0.4, -0.2) is 10.5 Å². The van der Waals surface area contributed by atoms with Crippen molar-refractivity contribution in [1.29, 1.82) is 0 Å². The first-order chi connectivity index (χ1) is 12.2. The van der Waals surface area contributed by atoms with Crippen molar-refractivity contribution in [2.45, 2.75) is 39.0 Å². The van der Waals surface area contributed by atoms with Crippen LogP contribution in [0.1, 0.15) is 41.6 Å². The maximum absolute atomic E-state index is 12.6. The Morgan fingerprint density at radius 1 is 0.880 bits per heavy atom. The number of benzene rings is 2. The molecule has 3 aromatic rings. The number of hydrogen-bond donors (Lipinski definition) is 0. The topological polar surface area (TPSA) is 22.0 Å². The molecule has 0 aliphatic rings. The van der Waals surface area contributed by atoms with Crippen LogP contribution < -0.4 is 0 Å². The van der Waals surface area contributed by atoms with Crippen molar-refractivity contribution < 1.29 is 4.79 Å². The van der Waals surface area contributed by atoms with Gasteiger partial charge in [-0.3, -0.25) is 9.36 Å². The van der Waals surface area contributed by atoms with E-state index in [4.69, 9.17) is 0 Å². The Hall–Kier alpha value is -2.61. The molecule has 3 rings (SSSR count). The van der Waals surface area contributed by atoms with Crippen LogP contribution in [0, 0.1) is 6.92 Å². The van der Waals surface area contributed by atoms with Crippen LogP contribution in [0.25, 0.3) is 11.3 Å². The molecule has 128 valence electrons. The van der Waals surface area contributed by atoms with E-state index in [0.717, 1.165) is 42.5 Å². The molecule has 0 radical (unpaired) electrons. The lowest BCUT2D eigenvalue weighted by molar-refractivity contribution is 0.0901. The van der Waals surface area contributed by atoms with Crippen molar-refractivity contribution >= 4 is 5.91 Å². The van der Waals surface area contributed by atoms with Gasteiger partial charge < -0.3 is 0 Å². The van der Waals surface area contributed by atoms with Gasteiger partial charge in [-0.1, -0.05) is 67.1 Å². The molecule has 0 saturated heterocycles.